The van der Waals surface area contributed by atoms with Crippen LogP contribution in [-0.2, 0) is 4.79 Å². The van der Waals surface area contributed by atoms with Crippen molar-refractivity contribution in [2.75, 3.05) is 39.3 Å². The molecule has 0 bridgehead atoms. The summed E-state index contributed by atoms with van der Waals surface area (Å²) in [4.78, 5) is 27.8. The number of hydrogen-bond donors (Lipinski definition) is 2. The summed E-state index contributed by atoms with van der Waals surface area (Å²) in [6.45, 7) is 8.12. The Morgan fingerprint density at radius 2 is 1.69 bits per heavy atom. The molecule has 2 aliphatic rings. The number of rotatable bonds is 10. The van der Waals surface area contributed by atoms with E-state index in [2.05, 4.69) is 15.5 Å². The van der Waals surface area contributed by atoms with Crippen LogP contribution in [0.15, 0.2) is 42.5 Å². The Morgan fingerprint density at radius 1 is 1.03 bits per heavy atom. The van der Waals surface area contributed by atoms with Crippen molar-refractivity contribution in [1.29, 1.82) is 0 Å². The minimum atomic E-state index is -1.10. The van der Waals surface area contributed by atoms with Gasteiger partial charge in [-0.05, 0) is 99.9 Å². The van der Waals surface area contributed by atoms with E-state index >= 15 is 0 Å². The van der Waals surface area contributed by atoms with Crippen molar-refractivity contribution >= 4 is 11.8 Å². The molecule has 2 aliphatic heterocycles. The first-order chi connectivity index (χ1) is 18.8. The lowest BCUT2D eigenvalue weighted by Gasteiger charge is -2.36. The molecular weight excluding hydrogens is 500 g/mol. The van der Waals surface area contributed by atoms with Crippen LogP contribution in [0.4, 0.5) is 8.78 Å². The molecule has 2 N–H and O–H groups in total. The van der Waals surface area contributed by atoms with E-state index in [1.165, 1.54) is 6.07 Å². The number of nitrogens with one attached hydrogen (secondary N) is 2. The monoisotopic (exact) mass is 541 g/mol. The number of nitrogens with zero attached hydrogens (tertiary/aromatic N) is 1. The predicted molar refractivity (Wildman–Crippen MR) is 149 cm³/mol. The molecule has 0 radical (unpaired) electrons. The van der Waals surface area contributed by atoms with Gasteiger partial charge in [-0.15, -0.1) is 0 Å². The van der Waals surface area contributed by atoms with Gasteiger partial charge in [-0.3, -0.25) is 14.9 Å². The zero-order valence-corrected chi connectivity index (χ0v) is 23.1. The van der Waals surface area contributed by atoms with Gasteiger partial charge >= 0.3 is 0 Å². The molecule has 4 rings (SSSR count). The average Bonchev–Trinajstić information content (AvgIpc) is 2.97. The van der Waals surface area contributed by atoms with Crippen LogP contribution in [0.1, 0.15) is 62.7 Å². The van der Waals surface area contributed by atoms with Crippen molar-refractivity contribution in [3.05, 3.63) is 53.8 Å². The summed E-state index contributed by atoms with van der Waals surface area (Å²) in [5.74, 6) is -0.888. The topological polar surface area (TPSA) is 70.7 Å². The van der Waals surface area contributed by atoms with Gasteiger partial charge in [0.25, 0.3) is 5.91 Å². The van der Waals surface area contributed by atoms with Gasteiger partial charge in [-0.2, -0.15) is 0 Å². The number of benzene rings is 2. The van der Waals surface area contributed by atoms with Crippen molar-refractivity contribution < 1.29 is 23.1 Å². The largest absolute Gasteiger partial charge is 0.493 e. The Labute approximate surface area is 230 Å². The molecule has 0 aliphatic carbocycles. The van der Waals surface area contributed by atoms with Crippen LogP contribution in [0, 0.1) is 17.7 Å². The van der Waals surface area contributed by atoms with Crippen molar-refractivity contribution in [2.24, 2.45) is 11.8 Å². The van der Waals surface area contributed by atoms with Crippen LogP contribution >= 0.6 is 0 Å². The molecule has 0 aromatic heterocycles. The highest BCUT2D eigenvalue weighted by Gasteiger charge is 2.30. The summed E-state index contributed by atoms with van der Waals surface area (Å²) in [6, 6.07) is 11.7. The number of halogens is 2. The lowest BCUT2D eigenvalue weighted by Crippen LogP contribution is -2.44. The van der Waals surface area contributed by atoms with Gasteiger partial charge < -0.3 is 15.0 Å². The molecule has 0 atom stereocenters. The van der Waals surface area contributed by atoms with E-state index in [1.807, 2.05) is 26.0 Å². The molecule has 212 valence electrons. The summed E-state index contributed by atoms with van der Waals surface area (Å²) >= 11 is 0. The maximum atomic E-state index is 14.8. The van der Waals surface area contributed by atoms with Gasteiger partial charge in [0.15, 0.2) is 0 Å². The van der Waals surface area contributed by atoms with Crippen molar-refractivity contribution in [3.8, 4) is 16.9 Å². The van der Waals surface area contributed by atoms with E-state index in [-0.39, 0.29) is 17.4 Å². The first-order valence-electron chi connectivity index (χ1n) is 14.3. The molecule has 0 unspecified atom stereocenters. The fraction of sp³-hybridized carbons (Fsp3) is 0.548. The van der Waals surface area contributed by atoms with Gasteiger partial charge in [-0.25, -0.2) is 8.78 Å². The van der Waals surface area contributed by atoms with E-state index in [0.29, 0.717) is 61.6 Å². The number of likely N-dealkylation sites (tertiary alicyclic amines) is 1. The van der Waals surface area contributed by atoms with Gasteiger partial charge in [0.05, 0.1) is 12.2 Å². The zero-order chi connectivity index (χ0) is 27.8. The van der Waals surface area contributed by atoms with E-state index in [1.54, 1.807) is 24.3 Å². The maximum absolute atomic E-state index is 14.8. The number of amides is 2. The quantitative estimate of drug-likeness (QED) is 0.396. The second kappa shape index (κ2) is 13.5. The van der Waals surface area contributed by atoms with Crippen LogP contribution in [-0.4, -0.2) is 61.7 Å². The van der Waals surface area contributed by atoms with Crippen molar-refractivity contribution in [1.82, 2.24) is 15.5 Å². The lowest BCUT2D eigenvalue weighted by molar-refractivity contribution is -0.124. The SMILES string of the molecule is CCC(F)(CC)CN1CCC(COc2ccc(-c3cccc(F)c3C(=O)NC(=O)C3CCNCC3)cc2)CC1. The number of piperidine rings is 2. The van der Waals surface area contributed by atoms with Crippen molar-refractivity contribution in [2.45, 2.75) is 58.0 Å². The molecule has 39 heavy (non-hydrogen) atoms. The first-order valence-corrected chi connectivity index (χ1v) is 14.3. The molecule has 0 spiro atoms. The second-order valence-electron chi connectivity index (χ2n) is 10.9. The van der Waals surface area contributed by atoms with E-state index in [4.69, 9.17) is 4.74 Å². The van der Waals surface area contributed by atoms with E-state index < -0.39 is 17.4 Å². The number of carbonyl (C=O) groups excluding carboxylic acids is 2. The van der Waals surface area contributed by atoms with Crippen molar-refractivity contribution in [3.63, 3.8) is 0 Å². The Bertz CT molecular complexity index is 1110. The zero-order valence-electron chi connectivity index (χ0n) is 23.1. The van der Waals surface area contributed by atoms with E-state index in [9.17, 15) is 18.4 Å². The Kier molecular flexibility index (Phi) is 10.1. The predicted octanol–water partition coefficient (Wildman–Crippen LogP) is 5.37. The molecule has 2 fully saturated rings. The highest BCUT2D eigenvalue weighted by atomic mass is 19.1. The van der Waals surface area contributed by atoms with Crippen LogP contribution in [0.2, 0.25) is 0 Å². The summed E-state index contributed by atoms with van der Waals surface area (Å²) in [5.41, 5.74) is -0.150. The summed E-state index contributed by atoms with van der Waals surface area (Å²) in [6.07, 6.45) is 4.33. The third-order valence-electron chi connectivity index (χ3n) is 8.32. The van der Waals surface area contributed by atoms with Crippen LogP contribution < -0.4 is 15.4 Å². The van der Waals surface area contributed by atoms with Gasteiger partial charge in [0.1, 0.15) is 17.2 Å². The summed E-state index contributed by atoms with van der Waals surface area (Å²) < 4.78 is 35.6. The summed E-state index contributed by atoms with van der Waals surface area (Å²) in [7, 11) is 0. The first kappa shape index (κ1) is 29.2. The molecule has 2 heterocycles. The molecule has 2 saturated heterocycles. The second-order valence-corrected chi connectivity index (χ2v) is 10.9. The van der Waals surface area contributed by atoms with Gasteiger partial charge in [-0.1, -0.05) is 38.1 Å². The highest BCUT2D eigenvalue weighted by molar-refractivity contribution is 6.09. The van der Waals surface area contributed by atoms with Crippen LogP contribution in [0.5, 0.6) is 5.75 Å². The number of hydrogen-bond acceptors (Lipinski definition) is 5. The van der Waals surface area contributed by atoms with E-state index in [0.717, 1.165) is 39.0 Å². The fourth-order valence-corrected chi connectivity index (χ4v) is 5.49. The normalized spacial score (nSPS) is 17.6. The molecule has 0 saturated carbocycles. The molecule has 2 aromatic carbocycles. The Morgan fingerprint density at radius 3 is 2.33 bits per heavy atom. The van der Waals surface area contributed by atoms with Gasteiger partial charge in [0, 0.05) is 12.5 Å². The molecule has 2 amide bonds. The minimum absolute atomic E-state index is 0.136. The highest BCUT2D eigenvalue weighted by Crippen LogP contribution is 2.29. The van der Waals surface area contributed by atoms with Crippen LogP contribution in [0.25, 0.3) is 11.1 Å². The summed E-state index contributed by atoms with van der Waals surface area (Å²) in [5, 5.41) is 5.60. The maximum Gasteiger partial charge on any atom is 0.261 e. The standard InChI is InChI=1S/C31H41F2N3O3/c1-3-31(33,4-2)21-36-18-14-22(15-19-36)20-39-25-10-8-23(9-11-25)26-6-5-7-27(32)28(26)30(38)35-29(37)24-12-16-34-17-13-24/h5-11,22,24,34H,3-4,12-21H2,1-2H3,(H,35,37,38). The molecular formula is C31H41F2N3O3. The fourth-order valence-electron chi connectivity index (χ4n) is 5.49. The minimum Gasteiger partial charge on any atom is -0.493 e. The Balaban J connectivity index is 1.33. The molecule has 6 nitrogen and oxygen atoms in total. The number of alkyl halides is 1. The smallest absolute Gasteiger partial charge is 0.261 e. The molecule has 2 aromatic rings. The third-order valence-corrected chi connectivity index (χ3v) is 8.32. The number of carbonyl (C=O) groups is 2. The average molecular weight is 542 g/mol. The lowest BCUT2D eigenvalue weighted by atomic mass is 9.94. The van der Waals surface area contributed by atoms with Gasteiger partial charge in [0.2, 0.25) is 5.91 Å². The van der Waals surface area contributed by atoms with Crippen LogP contribution in [0.3, 0.4) is 0 Å². The number of imide groups is 1. The third kappa shape index (κ3) is 7.63. The Hall–Kier alpha value is -2.84. The number of ether oxygens (including phenoxy) is 1. The molecule has 8 heteroatoms.